The third-order valence-corrected chi connectivity index (χ3v) is 8.59. The predicted molar refractivity (Wildman–Crippen MR) is 194 cm³/mol. The molecule has 4 aromatic rings. The fourth-order valence-electron chi connectivity index (χ4n) is 6.15. The monoisotopic (exact) mass is 706 g/mol. The number of esters is 2. The van der Waals surface area contributed by atoms with Crippen molar-refractivity contribution in [3.8, 4) is 0 Å². The molecule has 0 bridgehead atoms. The summed E-state index contributed by atoms with van der Waals surface area (Å²) < 4.78 is 37.3. The molecule has 4 heterocycles. The molecule has 0 radical (unpaired) electrons. The fourth-order valence-corrected chi connectivity index (χ4v) is 6.15. The number of nitrogens with one attached hydrogen (secondary N) is 2. The van der Waals surface area contributed by atoms with Crippen molar-refractivity contribution in [2.75, 3.05) is 13.2 Å². The Bertz CT molecular complexity index is 1900. The number of hydrogen-bond donors (Lipinski definition) is 2. The number of benzene rings is 2. The number of carbonyl (C=O) groups is 2. The lowest BCUT2D eigenvalue weighted by atomic mass is 9.82. The first-order valence-electron chi connectivity index (χ1n) is 16.8. The summed E-state index contributed by atoms with van der Waals surface area (Å²) in [5.41, 5.74) is 2.69. The maximum atomic E-state index is 13.4. The van der Waals surface area contributed by atoms with Gasteiger partial charge in [0, 0.05) is 23.8 Å². The van der Waals surface area contributed by atoms with E-state index >= 15 is 0 Å². The van der Waals surface area contributed by atoms with Gasteiger partial charge in [0.25, 0.3) is 0 Å². The number of halogens is 2. The number of amidine groups is 2. The van der Waals surface area contributed by atoms with E-state index < -0.39 is 23.0 Å². The normalized spacial score (nSPS) is 19.6. The highest BCUT2D eigenvalue weighted by molar-refractivity contribution is 6.04. The summed E-state index contributed by atoms with van der Waals surface area (Å²) in [6.07, 6.45) is 3.35. The molecule has 2 atom stereocenters. The van der Waals surface area contributed by atoms with Crippen LogP contribution in [-0.2, 0) is 30.1 Å². The Hall–Kier alpha value is -6.04. The Labute approximate surface area is 301 Å². The molecule has 0 aliphatic carbocycles. The molecule has 0 amide bonds. The Kier molecular flexibility index (Phi) is 11.4. The van der Waals surface area contributed by atoms with Crippen LogP contribution in [-0.4, -0.2) is 46.8 Å². The lowest BCUT2D eigenvalue weighted by Gasteiger charge is -2.34. The van der Waals surface area contributed by atoms with Crippen molar-refractivity contribution in [2.24, 2.45) is 9.98 Å². The highest BCUT2D eigenvalue weighted by Gasteiger charge is 2.42. The van der Waals surface area contributed by atoms with Crippen LogP contribution in [0.25, 0.3) is 0 Å². The van der Waals surface area contributed by atoms with E-state index in [1.54, 1.807) is 64.4 Å². The third-order valence-electron chi connectivity index (χ3n) is 8.59. The summed E-state index contributed by atoms with van der Waals surface area (Å²) in [5, 5.41) is 6.30. The predicted octanol–water partition coefficient (Wildman–Crippen LogP) is 6.65. The summed E-state index contributed by atoms with van der Waals surface area (Å²) in [7, 11) is 0. The lowest BCUT2D eigenvalue weighted by Crippen LogP contribution is -2.41. The summed E-state index contributed by atoms with van der Waals surface area (Å²) in [5.74, 6) is -0.510. The fraction of sp³-hybridized carbons (Fsp3) is 0.250. The van der Waals surface area contributed by atoms with Crippen molar-refractivity contribution in [1.82, 2.24) is 20.6 Å². The number of rotatable bonds is 8. The minimum Gasteiger partial charge on any atom is -0.463 e. The third kappa shape index (κ3) is 7.80. The minimum absolute atomic E-state index is 0.256. The van der Waals surface area contributed by atoms with Crippen LogP contribution in [0.1, 0.15) is 64.1 Å². The van der Waals surface area contributed by atoms with Crippen LogP contribution in [0.5, 0.6) is 0 Å². The second kappa shape index (κ2) is 15.9. The number of aliphatic imine (C=N–C) groups is 2. The molecule has 2 aliphatic rings. The molecule has 0 fully saturated rings. The number of carbonyl (C=O) groups excluding carboxylic acids is 2. The van der Waals surface area contributed by atoms with Crippen LogP contribution in [0.2, 0.25) is 0 Å². The van der Waals surface area contributed by atoms with E-state index in [4.69, 9.17) is 19.5 Å². The van der Waals surface area contributed by atoms with Gasteiger partial charge in [-0.25, -0.2) is 28.4 Å². The summed E-state index contributed by atoms with van der Waals surface area (Å²) in [4.78, 5) is 43.5. The molecule has 52 heavy (non-hydrogen) atoms. The lowest BCUT2D eigenvalue weighted by molar-refractivity contribution is -0.140. The molecule has 2 aliphatic heterocycles. The Morgan fingerprint density at radius 2 is 0.981 bits per heavy atom. The largest absolute Gasteiger partial charge is 0.463 e. The van der Waals surface area contributed by atoms with Gasteiger partial charge in [-0.1, -0.05) is 36.4 Å². The van der Waals surface area contributed by atoms with E-state index in [1.165, 1.54) is 24.3 Å². The van der Waals surface area contributed by atoms with Gasteiger partial charge in [0.05, 0.1) is 24.4 Å². The molecule has 0 spiro atoms. The van der Waals surface area contributed by atoms with Crippen LogP contribution in [0, 0.1) is 11.6 Å². The Morgan fingerprint density at radius 1 is 0.615 bits per heavy atom. The van der Waals surface area contributed by atoms with E-state index in [0.717, 1.165) is 0 Å². The van der Waals surface area contributed by atoms with Crippen molar-refractivity contribution in [1.29, 1.82) is 0 Å². The van der Waals surface area contributed by atoms with Gasteiger partial charge < -0.3 is 20.1 Å². The Balaban J connectivity index is 0.000000201. The van der Waals surface area contributed by atoms with E-state index in [2.05, 4.69) is 20.6 Å². The summed E-state index contributed by atoms with van der Waals surface area (Å²) in [6, 6.07) is 23.0. The van der Waals surface area contributed by atoms with E-state index in [-0.39, 0.29) is 24.8 Å². The molecule has 2 aromatic heterocycles. The van der Waals surface area contributed by atoms with E-state index in [1.807, 2.05) is 50.2 Å². The Morgan fingerprint density at radius 3 is 1.29 bits per heavy atom. The van der Waals surface area contributed by atoms with Gasteiger partial charge in [-0.05, 0) is 101 Å². The van der Waals surface area contributed by atoms with Crippen molar-refractivity contribution >= 4 is 23.6 Å². The second-order valence-electron chi connectivity index (χ2n) is 12.2. The van der Waals surface area contributed by atoms with Crippen LogP contribution in [0.3, 0.4) is 0 Å². The zero-order valence-corrected chi connectivity index (χ0v) is 29.8. The second-order valence-corrected chi connectivity index (χ2v) is 12.2. The highest BCUT2D eigenvalue weighted by atomic mass is 19.1. The summed E-state index contributed by atoms with van der Waals surface area (Å²) in [6.45, 7) is 11.2. The molecule has 268 valence electrons. The molecular weight excluding hydrogens is 666 g/mol. The van der Waals surface area contributed by atoms with Crippen molar-refractivity contribution in [2.45, 2.75) is 52.6 Å². The zero-order chi connectivity index (χ0) is 37.5. The molecule has 2 unspecified atom stereocenters. The molecule has 0 saturated carbocycles. The number of ether oxygens (including phenoxy) is 2. The standard InChI is InChI=1S/2C20H20FN3O2/c2*1-4-26-19(25)17-13(2)23-18(16-7-5-6-12-22-16)24-20(17,3)14-8-10-15(21)11-9-14/h2*5-12H,4H2,1-3H3,(H,23,24). The first kappa shape index (κ1) is 37.2. The first-order valence-corrected chi connectivity index (χ1v) is 16.8. The van der Waals surface area contributed by atoms with Gasteiger partial charge in [0.2, 0.25) is 0 Å². The van der Waals surface area contributed by atoms with Gasteiger partial charge in [-0.15, -0.1) is 0 Å². The molecule has 12 heteroatoms. The molecule has 10 nitrogen and oxygen atoms in total. The SMILES string of the molecule is CCOC(=O)C1=C(C)NC(c2ccccn2)=NC1(C)c1ccc(F)cc1.CCOC(=O)C1=C(C)NC(c2ccccn2)=NC1(C)c1ccc(F)cc1. The molecular formula is C40H40F2N6O4. The molecule has 2 aromatic carbocycles. The number of aromatic nitrogens is 2. The van der Waals surface area contributed by atoms with Gasteiger partial charge >= 0.3 is 11.9 Å². The smallest absolute Gasteiger partial charge is 0.338 e. The number of nitrogens with zero attached hydrogens (tertiary/aromatic N) is 4. The average Bonchev–Trinajstić information content (AvgIpc) is 3.13. The zero-order valence-electron chi connectivity index (χ0n) is 29.8. The van der Waals surface area contributed by atoms with Crippen LogP contribution in [0.4, 0.5) is 8.78 Å². The average molecular weight is 707 g/mol. The maximum absolute atomic E-state index is 13.4. The summed E-state index contributed by atoms with van der Waals surface area (Å²) >= 11 is 0. The van der Waals surface area contributed by atoms with Gasteiger partial charge in [0.1, 0.15) is 34.1 Å². The highest BCUT2D eigenvalue weighted by Crippen LogP contribution is 2.40. The van der Waals surface area contributed by atoms with Crippen molar-refractivity contribution < 1.29 is 27.8 Å². The van der Waals surface area contributed by atoms with Crippen LogP contribution >= 0.6 is 0 Å². The molecule has 0 saturated heterocycles. The van der Waals surface area contributed by atoms with Gasteiger partial charge in [-0.2, -0.15) is 0 Å². The molecule has 2 N–H and O–H groups in total. The van der Waals surface area contributed by atoms with Gasteiger partial charge in [0.15, 0.2) is 11.7 Å². The number of pyridine rings is 2. The van der Waals surface area contributed by atoms with Gasteiger partial charge in [-0.3, -0.25) is 9.97 Å². The van der Waals surface area contributed by atoms with Crippen LogP contribution < -0.4 is 10.6 Å². The van der Waals surface area contributed by atoms with E-state index in [9.17, 15) is 18.4 Å². The maximum Gasteiger partial charge on any atom is 0.338 e. The molecule has 6 rings (SSSR count). The van der Waals surface area contributed by atoms with Crippen molar-refractivity contribution in [3.63, 3.8) is 0 Å². The quantitative estimate of drug-likeness (QED) is 0.195. The first-order chi connectivity index (χ1) is 24.9. The van der Waals surface area contributed by atoms with Crippen molar-refractivity contribution in [3.05, 3.63) is 154 Å². The van der Waals surface area contributed by atoms with E-state index in [0.29, 0.717) is 56.7 Å². The van der Waals surface area contributed by atoms with Crippen LogP contribution in [0.15, 0.2) is 130 Å². The topological polar surface area (TPSA) is 127 Å². The number of hydrogen-bond acceptors (Lipinski definition) is 10. The number of allylic oxidation sites excluding steroid dienone is 2. The minimum atomic E-state index is -1.03.